The lowest BCUT2D eigenvalue weighted by atomic mass is 10.1. The molecule has 0 spiro atoms. The molecular formula is C16H13Cl2NO. The summed E-state index contributed by atoms with van der Waals surface area (Å²) in [5.41, 5.74) is 3.23. The number of nitrogens with zero attached hydrogens (tertiary/aromatic N) is 1. The molecule has 0 amide bonds. The second-order valence-corrected chi connectivity index (χ2v) is 5.35. The second kappa shape index (κ2) is 6.17. The van der Waals surface area contributed by atoms with Gasteiger partial charge in [-0.05, 0) is 49.2 Å². The summed E-state index contributed by atoms with van der Waals surface area (Å²) in [5.74, 6) is 0.764. The second-order valence-electron chi connectivity index (χ2n) is 4.54. The Labute approximate surface area is 128 Å². The van der Waals surface area contributed by atoms with Crippen molar-refractivity contribution >= 4 is 23.2 Å². The molecule has 0 aliphatic carbocycles. The summed E-state index contributed by atoms with van der Waals surface area (Å²) in [6.45, 7) is 4.13. The van der Waals surface area contributed by atoms with Crippen LogP contribution in [0.25, 0.3) is 0 Å². The van der Waals surface area contributed by atoms with E-state index in [0.29, 0.717) is 22.2 Å². The van der Waals surface area contributed by atoms with Crippen molar-refractivity contribution in [3.63, 3.8) is 0 Å². The number of ether oxygens (including phenoxy) is 1. The lowest BCUT2D eigenvalue weighted by molar-refractivity contribution is 0.302. The van der Waals surface area contributed by atoms with E-state index in [-0.39, 0.29) is 0 Å². The molecule has 4 heteroatoms. The quantitative estimate of drug-likeness (QED) is 0.794. The first kappa shape index (κ1) is 14.7. The molecule has 0 bridgehead atoms. The molecule has 0 aliphatic heterocycles. The molecular weight excluding hydrogens is 293 g/mol. The Hall–Kier alpha value is -1.69. The van der Waals surface area contributed by atoms with Crippen molar-refractivity contribution in [3.05, 3.63) is 62.6 Å². The minimum atomic E-state index is 0.298. The predicted molar refractivity (Wildman–Crippen MR) is 81.4 cm³/mol. The van der Waals surface area contributed by atoms with Gasteiger partial charge in [0.1, 0.15) is 12.4 Å². The highest BCUT2D eigenvalue weighted by Crippen LogP contribution is 2.29. The van der Waals surface area contributed by atoms with E-state index in [0.717, 1.165) is 22.4 Å². The Balaban J connectivity index is 2.26. The molecule has 0 aliphatic rings. The maximum Gasteiger partial charge on any atom is 0.125 e. The van der Waals surface area contributed by atoms with Gasteiger partial charge in [-0.15, -0.1) is 0 Å². The summed E-state index contributed by atoms with van der Waals surface area (Å²) in [5, 5.41) is 10.1. The highest BCUT2D eigenvalue weighted by atomic mass is 35.5. The van der Waals surface area contributed by atoms with Crippen LogP contribution in [0.3, 0.4) is 0 Å². The molecule has 0 heterocycles. The van der Waals surface area contributed by atoms with Crippen LogP contribution in [-0.2, 0) is 6.61 Å². The molecule has 0 radical (unpaired) electrons. The van der Waals surface area contributed by atoms with Crippen LogP contribution < -0.4 is 4.74 Å². The molecule has 2 aromatic rings. The number of rotatable bonds is 3. The molecule has 0 N–H and O–H groups in total. The van der Waals surface area contributed by atoms with Crippen LogP contribution in [0, 0.1) is 25.2 Å². The molecule has 0 unspecified atom stereocenters. The highest BCUT2D eigenvalue weighted by Gasteiger charge is 2.10. The Morgan fingerprint density at radius 1 is 1.10 bits per heavy atom. The standard InChI is InChI=1S/C16H13Cl2NO/c1-10-6-12(8-19)7-11(2)16(10)20-9-13-14(17)4-3-5-15(13)18/h3-7H,9H2,1-2H3. The first-order chi connectivity index (χ1) is 9.52. The molecule has 0 fully saturated rings. The van der Waals surface area contributed by atoms with E-state index in [4.69, 9.17) is 33.2 Å². The van der Waals surface area contributed by atoms with Crippen LogP contribution in [0.2, 0.25) is 10.0 Å². The van der Waals surface area contributed by atoms with Crippen molar-refractivity contribution in [1.29, 1.82) is 5.26 Å². The lowest BCUT2D eigenvalue weighted by Crippen LogP contribution is -2.01. The first-order valence-corrected chi connectivity index (χ1v) is 6.85. The van der Waals surface area contributed by atoms with Gasteiger partial charge in [0.2, 0.25) is 0 Å². The molecule has 0 aromatic heterocycles. The van der Waals surface area contributed by atoms with Crippen molar-refractivity contribution in [2.75, 3.05) is 0 Å². The van der Waals surface area contributed by atoms with Gasteiger partial charge in [-0.3, -0.25) is 0 Å². The Morgan fingerprint density at radius 3 is 2.15 bits per heavy atom. The van der Waals surface area contributed by atoms with Gasteiger partial charge >= 0.3 is 0 Å². The lowest BCUT2D eigenvalue weighted by Gasteiger charge is -2.14. The van der Waals surface area contributed by atoms with Gasteiger partial charge in [-0.1, -0.05) is 29.3 Å². The van der Waals surface area contributed by atoms with E-state index in [2.05, 4.69) is 6.07 Å². The van der Waals surface area contributed by atoms with Crippen molar-refractivity contribution in [2.24, 2.45) is 0 Å². The zero-order valence-electron chi connectivity index (χ0n) is 11.2. The van der Waals surface area contributed by atoms with E-state index in [9.17, 15) is 0 Å². The average molecular weight is 306 g/mol. The van der Waals surface area contributed by atoms with Gasteiger partial charge in [0.15, 0.2) is 0 Å². The van der Waals surface area contributed by atoms with E-state index >= 15 is 0 Å². The summed E-state index contributed by atoms with van der Waals surface area (Å²) in [7, 11) is 0. The molecule has 2 nitrogen and oxygen atoms in total. The van der Waals surface area contributed by atoms with E-state index < -0.39 is 0 Å². The summed E-state index contributed by atoms with van der Waals surface area (Å²) >= 11 is 12.2. The van der Waals surface area contributed by atoms with Crippen molar-refractivity contribution in [2.45, 2.75) is 20.5 Å². The van der Waals surface area contributed by atoms with Gasteiger partial charge in [-0.25, -0.2) is 0 Å². The Bertz CT molecular complexity index is 646. The Morgan fingerprint density at radius 2 is 1.65 bits per heavy atom. The molecule has 2 rings (SSSR count). The normalized spacial score (nSPS) is 10.2. The molecule has 0 atom stereocenters. The molecule has 2 aromatic carbocycles. The van der Waals surface area contributed by atoms with Gasteiger partial charge in [0.05, 0.1) is 11.6 Å². The SMILES string of the molecule is Cc1cc(C#N)cc(C)c1OCc1c(Cl)cccc1Cl. The minimum Gasteiger partial charge on any atom is -0.488 e. The zero-order chi connectivity index (χ0) is 14.7. The summed E-state index contributed by atoms with van der Waals surface area (Å²) in [6, 6.07) is 11.1. The van der Waals surface area contributed by atoms with Crippen LogP contribution in [0.4, 0.5) is 0 Å². The summed E-state index contributed by atoms with van der Waals surface area (Å²) < 4.78 is 5.84. The number of hydrogen-bond donors (Lipinski definition) is 0. The van der Waals surface area contributed by atoms with Crippen LogP contribution in [-0.4, -0.2) is 0 Å². The minimum absolute atomic E-state index is 0.298. The predicted octanol–water partition coefficient (Wildman–Crippen LogP) is 5.06. The fraction of sp³-hybridized carbons (Fsp3) is 0.188. The smallest absolute Gasteiger partial charge is 0.125 e. The maximum atomic E-state index is 8.93. The fourth-order valence-corrected chi connectivity index (χ4v) is 2.56. The van der Waals surface area contributed by atoms with Crippen molar-refractivity contribution in [3.8, 4) is 11.8 Å². The highest BCUT2D eigenvalue weighted by molar-refractivity contribution is 6.35. The van der Waals surface area contributed by atoms with Gasteiger partial charge < -0.3 is 4.74 Å². The Kier molecular flexibility index (Phi) is 4.54. The monoisotopic (exact) mass is 305 g/mol. The van der Waals surface area contributed by atoms with Crippen LogP contribution in [0.1, 0.15) is 22.3 Å². The molecule has 20 heavy (non-hydrogen) atoms. The number of nitriles is 1. The van der Waals surface area contributed by atoms with Crippen LogP contribution >= 0.6 is 23.2 Å². The zero-order valence-corrected chi connectivity index (χ0v) is 12.7. The topological polar surface area (TPSA) is 33.0 Å². The van der Waals surface area contributed by atoms with Crippen LogP contribution in [0.15, 0.2) is 30.3 Å². The number of halogens is 2. The summed E-state index contributed by atoms with van der Waals surface area (Å²) in [6.07, 6.45) is 0. The number of benzene rings is 2. The number of hydrogen-bond acceptors (Lipinski definition) is 2. The summed E-state index contributed by atoms with van der Waals surface area (Å²) in [4.78, 5) is 0. The van der Waals surface area contributed by atoms with E-state index in [1.54, 1.807) is 30.3 Å². The van der Waals surface area contributed by atoms with Gasteiger partial charge in [0.25, 0.3) is 0 Å². The fourth-order valence-electron chi connectivity index (χ4n) is 2.06. The van der Waals surface area contributed by atoms with Gasteiger partial charge in [0, 0.05) is 15.6 Å². The first-order valence-electron chi connectivity index (χ1n) is 6.10. The van der Waals surface area contributed by atoms with E-state index in [1.807, 2.05) is 13.8 Å². The third-order valence-corrected chi connectivity index (χ3v) is 3.72. The van der Waals surface area contributed by atoms with E-state index in [1.165, 1.54) is 0 Å². The largest absolute Gasteiger partial charge is 0.488 e. The number of aryl methyl sites for hydroxylation is 2. The van der Waals surface area contributed by atoms with Gasteiger partial charge in [-0.2, -0.15) is 5.26 Å². The van der Waals surface area contributed by atoms with Crippen molar-refractivity contribution in [1.82, 2.24) is 0 Å². The maximum absolute atomic E-state index is 8.93. The third-order valence-electron chi connectivity index (χ3n) is 3.01. The van der Waals surface area contributed by atoms with Crippen LogP contribution in [0.5, 0.6) is 5.75 Å². The molecule has 102 valence electrons. The average Bonchev–Trinajstić information content (AvgIpc) is 2.40. The molecule has 0 saturated carbocycles. The third kappa shape index (κ3) is 3.07. The molecule has 0 saturated heterocycles. The van der Waals surface area contributed by atoms with Crippen molar-refractivity contribution < 1.29 is 4.74 Å².